The van der Waals surface area contributed by atoms with Crippen molar-refractivity contribution in [3.63, 3.8) is 0 Å². The third-order valence-electron chi connectivity index (χ3n) is 2.67. The first-order chi connectivity index (χ1) is 6.03. The second-order valence-corrected chi connectivity index (χ2v) is 6.09. The van der Waals surface area contributed by atoms with E-state index in [-0.39, 0.29) is 11.8 Å². The van der Waals surface area contributed by atoms with Gasteiger partial charge in [-0.05, 0) is 18.8 Å². The molecule has 1 saturated carbocycles. The van der Waals surface area contributed by atoms with Crippen LogP contribution in [-0.2, 0) is 9.84 Å². The molecule has 0 saturated heterocycles. The summed E-state index contributed by atoms with van der Waals surface area (Å²) in [6.07, 6.45) is 5.86. The van der Waals surface area contributed by atoms with Crippen LogP contribution in [0.25, 0.3) is 0 Å². The molecule has 0 aromatic carbocycles. The number of nitrogens with two attached hydrogens (primary N) is 1. The van der Waals surface area contributed by atoms with Gasteiger partial charge in [0.25, 0.3) is 0 Å². The van der Waals surface area contributed by atoms with Crippen LogP contribution in [0.2, 0.25) is 0 Å². The van der Waals surface area contributed by atoms with Gasteiger partial charge < -0.3 is 0 Å². The Bertz CT molecular complexity index is 245. The number of nitrogens with one attached hydrogen (secondary N) is 1. The van der Waals surface area contributed by atoms with E-state index in [4.69, 9.17) is 5.84 Å². The van der Waals surface area contributed by atoms with Gasteiger partial charge in [-0.2, -0.15) is 0 Å². The molecular weight excluding hydrogens is 188 g/mol. The van der Waals surface area contributed by atoms with Crippen molar-refractivity contribution in [2.75, 3.05) is 12.0 Å². The molecule has 78 valence electrons. The lowest BCUT2D eigenvalue weighted by Crippen LogP contribution is -2.44. The van der Waals surface area contributed by atoms with Gasteiger partial charge in [0.1, 0.15) is 9.84 Å². The topological polar surface area (TPSA) is 72.2 Å². The Balaban J connectivity index is 2.51. The summed E-state index contributed by atoms with van der Waals surface area (Å²) < 4.78 is 22.1. The fourth-order valence-electron chi connectivity index (χ4n) is 2.01. The third kappa shape index (κ3) is 3.62. The summed E-state index contributed by atoms with van der Waals surface area (Å²) in [7, 11) is -2.92. The minimum Gasteiger partial charge on any atom is -0.271 e. The zero-order chi connectivity index (χ0) is 9.90. The monoisotopic (exact) mass is 206 g/mol. The smallest absolute Gasteiger partial charge is 0.149 e. The molecule has 1 atom stereocenters. The molecule has 5 heteroatoms. The molecule has 0 aromatic heterocycles. The number of hydrazine groups is 1. The summed E-state index contributed by atoms with van der Waals surface area (Å²) in [5.41, 5.74) is 2.62. The first-order valence-corrected chi connectivity index (χ1v) is 6.73. The summed E-state index contributed by atoms with van der Waals surface area (Å²) in [6, 6.07) is -0.0579. The van der Waals surface area contributed by atoms with Crippen molar-refractivity contribution in [1.82, 2.24) is 5.43 Å². The highest BCUT2D eigenvalue weighted by atomic mass is 32.2. The summed E-state index contributed by atoms with van der Waals surface area (Å²) in [4.78, 5) is 0. The molecule has 1 aliphatic rings. The maximum atomic E-state index is 11.1. The predicted molar refractivity (Wildman–Crippen MR) is 52.8 cm³/mol. The maximum Gasteiger partial charge on any atom is 0.149 e. The van der Waals surface area contributed by atoms with Gasteiger partial charge in [0.05, 0.1) is 5.75 Å². The quantitative estimate of drug-likeness (QED) is 0.504. The van der Waals surface area contributed by atoms with Crippen LogP contribution in [-0.4, -0.2) is 26.5 Å². The standard InChI is InChI=1S/C8H18N2O2S/c1-13(11,12)6-8(10-9)7-4-2-3-5-7/h7-8,10H,2-6,9H2,1H3. The molecular formula is C8H18N2O2S. The van der Waals surface area contributed by atoms with Crippen molar-refractivity contribution in [1.29, 1.82) is 0 Å². The Morgan fingerprint density at radius 3 is 2.38 bits per heavy atom. The van der Waals surface area contributed by atoms with E-state index in [1.165, 1.54) is 19.1 Å². The first-order valence-electron chi connectivity index (χ1n) is 4.67. The molecule has 0 aliphatic heterocycles. The molecule has 0 aromatic rings. The minimum absolute atomic E-state index is 0.0579. The van der Waals surface area contributed by atoms with Crippen LogP contribution in [0.1, 0.15) is 25.7 Å². The Labute approximate surface area is 79.8 Å². The van der Waals surface area contributed by atoms with Gasteiger partial charge in [-0.25, -0.2) is 8.42 Å². The Morgan fingerprint density at radius 1 is 1.46 bits per heavy atom. The van der Waals surface area contributed by atoms with Crippen molar-refractivity contribution < 1.29 is 8.42 Å². The average molecular weight is 206 g/mol. The maximum absolute atomic E-state index is 11.1. The SMILES string of the molecule is CS(=O)(=O)CC(NN)C1CCCC1. The largest absolute Gasteiger partial charge is 0.271 e. The van der Waals surface area contributed by atoms with Crippen molar-refractivity contribution in [2.45, 2.75) is 31.7 Å². The van der Waals surface area contributed by atoms with Gasteiger partial charge >= 0.3 is 0 Å². The van der Waals surface area contributed by atoms with Crippen LogP contribution in [0.3, 0.4) is 0 Å². The molecule has 1 aliphatic carbocycles. The molecule has 1 unspecified atom stereocenters. The zero-order valence-electron chi connectivity index (χ0n) is 7.99. The average Bonchev–Trinajstić information content (AvgIpc) is 2.50. The highest BCUT2D eigenvalue weighted by Gasteiger charge is 2.26. The van der Waals surface area contributed by atoms with Crippen LogP contribution in [0.15, 0.2) is 0 Å². The molecule has 0 radical (unpaired) electrons. The zero-order valence-corrected chi connectivity index (χ0v) is 8.81. The van der Waals surface area contributed by atoms with Gasteiger partial charge in [0, 0.05) is 12.3 Å². The third-order valence-corrected chi connectivity index (χ3v) is 3.63. The minimum atomic E-state index is -2.92. The second-order valence-electron chi connectivity index (χ2n) is 3.91. The fourth-order valence-corrected chi connectivity index (χ4v) is 3.03. The predicted octanol–water partition coefficient (Wildman–Crippen LogP) is 0.0531. The van der Waals surface area contributed by atoms with Crippen molar-refractivity contribution in [2.24, 2.45) is 11.8 Å². The molecule has 3 N–H and O–H groups in total. The van der Waals surface area contributed by atoms with Gasteiger partial charge in [0.2, 0.25) is 0 Å². The summed E-state index contributed by atoms with van der Waals surface area (Å²) in [5, 5.41) is 0. The number of hydrogen-bond donors (Lipinski definition) is 2. The van der Waals surface area contributed by atoms with Crippen LogP contribution in [0.5, 0.6) is 0 Å². The second kappa shape index (κ2) is 4.39. The molecule has 13 heavy (non-hydrogen) atoms. The highest BCUT2D eigenvalue weighted by molar-refractivity contribution is 7.90. The van der Waals surface area contributed by atoms with Crippen molar-refractivity contribution in [3.05, 3.63) is 0 Å². The van der Waals surface area contributed by atoms with Crippen LogP contribution >= 0.6 is 0 Å². The van der Waals surface area contributed by atoms with Gasteiger partial charge in [0.15, 0.2) is 0 Å². The van der Waals surface area contributed by atoms with Crippen molar-refractivity contribution >= 4 is 9.84 Å². The van der Waals surface area contributed by atoms with E-state index in [2.05, 4.69) is 5.43 Å². The van der Waals surface area contributed by atoms with Gasteiger partial charge in [-0.1, -0.05) is 12.8 Å². The molecule has 0 amide bonds. The van der Waals surface area contributed by atoms with Crippen molar-refractivity contribution in [3.8, 4) is 0 Å². The van der Waals surface area contributed by atoms with Crippen LogP contribution in [0, 0.1) is 5.92 Å². The molecule has 1 fully saturated rings. The van der Waals surface area contributed by atoms with E-state index in [9.17, 15) is 8.42 Å². The molecule has 0 spiro atoms. The van der Waals surface area contributed by atoms with E-state index in [1.54, 1.807) is 0 Å². The lowest BCUT2D eigenvalue weighted by molar-refractivity contribution is 0.388. The normalized spacial score (nSPS) is 22.0. The van der Waals surface area contributed by atoms with E-state index < -0.39 is 9.84 Å². The Hall–Kier alpha value is -0.130. The number of rotatable bonds is 4. The molecule has 4 nitrogen and oxygen atoms in total. The van der Waals surface area contributed by atoms with Crippen LogP contribution in [0.4, 0.5) is 0 Å². The lowest BCUT2D eigenvalue weighted by Gasteiger charge is -2.21. The summed E-state index contributed by atoms with van der Waals surface area (Å²) in [5.74, 6) is 5.95. The number of sulfone groups is 1. The van der Waals surface area contributed by atoms with E-state index in [0.29, 0.717) is 5.92 Å². The highest BCUT2D eigenvalue weighted by Crippen LogP contribution is 2.27. The molecule has 1 rings (SSSR count). The Morgan fingerprint density at radius 2 is 2.00 bits per heavy atom. The van der Waals surface area contributed by atoms with Gasteiger partial charge in [-0.15, -0.1) is 0 Å². The van der Waals surface area contributed by atoms with E-state index >= 15 is 0 Å². The molecule has 0 bridgehead atoms. The first kappa shape index (κ1) is 10.9. The lowest BCUT2D eigenvalue weighted by atomic mass is 10.0. The van der Waals surface area contributed by atoms with Crippen LogP contribution < -0.4 is 11.3 Å². The summed E-state index contributed by atoms with van der Waals surface area (Å²) >= 11 is 0. The molecule has 0 heterocycles. The summed E-state index contributed by atoms with van der Waals surface area (Å²) in [6.45, 7) is 0. The van der Waals surface area contributed by atoms with E-state index in [0.717, 1.165) is 12.8 Å². The number of hydrogen-bond acceptors (Lipinski definition) is 4. The fraction of sp³-hybridized carbons (Fsp3) is 1.00. The van der Waals surface area contributed by atoms with Gasteiger partial charge in [-0.3, -0.25) is 11.3 Å². The Kier molecular flexibility index (Phi) is 3.70. The van der Waals surface area contributed by atoms with E-state index in [1.807, 2.05) is 0 Å².